The van der Waals surface area contributed by atoms with Crippen molar-refractivity contribution in [1.82, 2.24) is 19.5 Å². The molecule has 0 atom stereocenters. The van der Waals surface area contributed by atoms with Crippen molar-refractivity contribution in [2.24, 2.45) is 0 Å². The van der Waals surface area contributed by atoms with E-state index in [2.05, 4.69) is 15.0 Å². The predicted octanol–water partition coefficient (Wildman–Crippen LogP) is 2.76. The first-order valence-electron chi connectivity index (χ1n) is 8.51. The molecule has 0 bridgehead atoms. The highest BCUT2D eigenvalue weighted by Gasteiger charge is 2.22. The SMILES string of the molecule is O=C(COc1ccc(Cl)cc1Cl)N1CCN(c2ccc3nccn3n2)CC1. The zero-order chi connectivity index (χ0) is 18.8. The lowest BCUT2D eigenvalue weighted by molar-refractivity contribution is -0.133. The zero-order valence-corrected chi connectivity index (χ0v) is 15.9. The number of nitrogens with zero attached hydrogens (tertiary/aromatic N) is 5. The van der Waals surface area contributed by atoms with E-state index in [0.717, 1.165) is 11.5 Å². The number of amides is 1. The van der Waals surface area contributed by atoms with Gasteiger partial charge in [0.25, 0.3) is 5.91 Å². The van der Waals surface area contributed by atoms with E-state index in [4.69, 9.17) is 27.9 Å². The quantitative estimate of drug-likeness (QED) is 0.667. The molecule has 3 heterocycles. The van der Waals surface area contributed by atoms with Gasteiger partial charge in [-0.05, 0) is 30.3 Å². The standard InChI is InChI=1S/C18H17Cl2N5O2/c19-13-1-2-15(14(20)11-13)27-12-18(26)24-9-7-23(8-10-24)17-4-3-16-21-5-6-25(16)22-17/h1-6,11H,7-10,12H2. The lowest BCUT2D eigenvalue weighted by Crippen LogP contribution is -2.50. The molecule has 7 nitrogen and oxygen atoms in total. The molecule has 2 aromatic heterocycles. The summed E-state index contributed by atoms with van der Waals surface area (Å²) in [5.41, 5.74) is 0.811. The first-order chi connectivity index (χ1) is 13.1. The number of halogens is 2. The molecule has 9 heteroatoms. The minimum atomic E-state index is -0.0707. The third-order valence-corrected chi connectivity index (χ3v) is 4.97. The van der Waals surface area contributed by atoms with Gasteiger partial charge < -0.3 is 14.5 Å². The molecular weight excluding hydrogens is 389 g/mol. The average molecular weight is 406 g/mol. The first-order valence-corrected chi connectivity index (χ1v) is 9.27. The summed E-state index contributed by atoms with van der Waals surface area (Å²) in [5, 5.41) is 5.46. The molecule has 1 amide bonds. The van der Waals surface area contributed by atoms with Crippen molar-refractivity contribution in [3.63, 3.8) is 0 Å². The Bertz CT molecular complexity index is 969. The van der Waals surface area contributed by atoms with Gasteiger partial charge in [0.2, 0.25) is 0 Å². The second kappa shape index (κ2) is 7.62. The van der Waals surface area contributed by atoms with E-state index in [0.29, 0.717) is 42.0 Å². The van der Waals surface area contributed by atoms with Crippen LogP contribution in [-0.2, 0) is 4.79 Å². The predicted molar refractivity (Wildman–Crippen MR) is 104 cm³/mol. The summed E-state index contributed by atoms with van der Waals surface area (Å²) in [7, 11) is 0. The van der Waals surface area contributed by atoms with E-state index in [1.54, 1.807) is 33.8 Å². The second-order valence-corrected chi connectivity index (χ2v) is 7.00. The highest BCUT2D eigenvalue weighted by atomic mass is 35.5. The fourth-order valence-corrected chi connectivity index (χ4v) is 3.44. The number of ether oxygens (including phenoxy) is 1. The van der Waals surface area contributed by atoms with Gasteiger partial charge in [-0.25, -0.2) is 9.50 Å². The molecule has 4 rings (SSSR count). The fraction of sp³-hybridized carbons (Fsp3) is 0.278. The fourth-order valence-electron chi connectivity index (χ4n) is 2.98. The van der Waals surface area contributed by atoms with Crippen LogP contribution in [0.5, 0.6) is 5.75 Å². The van der Waals surface area contributed by atoms with E-state index in [1.165, 1.54) is 0 Å². The normalized spacial score (nSPS) is 14.6. The third-order valence-electron chi connectivity index (χ3n) is 4.44. The maximum atomic E-state index is 12.4. The van der Waals surface area contributed by atoms with Crippen LogP contribution in [0.4, 0.5) is 5.82 Å². The van der Waals surface area contributed by atoms with Crippen LogP contribution in [0.15, 0.2) is 42.7 Å². The van der Waals surface area contributed by atoms with Gasteiger partial charge in [-0.1, -0.05) is 23.2 Å². The second-order valence-electron chi connectivity index (χ2n) is 6.15. The van der Waals surface area contributed by atoms with Gasteiger partial charge >= 0.3 is 0 Å². The molecule has 0 saturated carbocycles. The van der Waals surface area contributed by atoms with Crippen LogP contribution in [-0.4, -0.2) is 58.2 Å². The maximum Gasteiger partial charge on any atom is 0.260 e. The number of anilines is 1. The van der Waals surface area contributed by atoms with Crippen LogP contribution in [0.25, 0.3) is 5.65 Å². The highest BCUT2D eigenvalue weighted by molar-refractivity contribution is 6.35. The minimum absolute atomic E-state index is 0.0550. The van der Waals surface area contributed by atoms with Crippen molar-refractivity contribution in [3.8, 4) is 5.75 Å². The number of piperazine rings is 1. The summed E-state index contributed by atoms with van der Waals surface area (Å²) >= 11 is 11.9. The number of carbonyl (C=O) groups excluding carboxylic acids is 1. The van der Waals surface area contributed by atoms with Gasteiger partial charge in [0.15, 0.2) is 12.3 Å². The Labute approximate surface area is 166 Å². The number of aromatic nitrogens is 3. The van der Waals surface area contributed by atoms with Gasteiger partial charge in [0, 0.05) is 43.6 Å². The van der Waals surface area contributed by atoms with Gasteiger partial charge in [0.05, 0.1) is 5.02 Å². The molecule has 1 fully saturated rings. The minimum Gasteiger partial charge on any atom is -0.482 e. The lowest BCUT2D eigenvalue weighted by atomic mass is 10.3. The Hall–Kier alpha value is -2.51. The highest BCUT2D eigenvalue weighted by Crippen LogP contribution is 2.27. The Morgan fingerprint density at radius 2 is 1.93 bits per heavy atom. The molecule has 0 N–H and O–H groups in total. The van der Waals surface area contributed by atoms with Gasteiger partial charge in [-0.3, -0.25) is 4.79 Å². The molecule has 0 spiro atoms. The number of hydrogen-bond acceptors (Lipinski definition) is 5. The van der Waals surface area contributed by atoms with Gasteiger partial charge in [0.1, 0.15) is 11.6 Å². The molecule has 1 aliphatic rings. The van der Waals surface area contributed by atoms with Crippen LogP contribution < -0.4 is 9.64 Å². The van der Waals surface area contributed by atoms with E-state index in [1.807, 2.05) is 18.3 Å². The summed E-state index contributed by atoms with van der Waals surface area (Å²) in [5.74, 6) is 1.25. The zero-order valence-electron chi connectivity index (χ0n) is 14.4. The molecule has 1 saturated heterocycles. The van der Waals surface area contributed by atoms with Crippen molar-refractivity contribution in [1.29, 1.82) is 0 Å². The van der Waals surface area contributed by atoms with Crippen molar-refractivity contribution < 1.29 is 9.53 Å². The molecule has 3 aromatic rings. The summed E-state index contributed by atoms with van der Waals surface area (Å²) in [6, 6.07) is 8.81. The lowest BCUT2D eigenvalue weighted by Gasteiger charge is -2.35. The van der Waals surface area contributed by atoms with Crippen LogP contribution in [0, 0.1) is 0 Å². The Morgan fingerprint density at radius 3 is 2.70 bits per heavy atom. The number of rotatable bonds is 4. The molecule has 140 valence electrons. The van der Waals surface area contributed by atoms with Crippen molar-refractivity contribution >= 4 is 40.6 Å². The van der Waals surface area contributed by atoms with Gasteiger partial charge in [-0.15, -0.1) is 5.10 Å². The van der Waals surface area contributed by atoms with E-state index >= 15 is 0 Å². The number of carbonyl (C=O) groups is 1. The average Bonchev–Trinajstić information content (AvgIpc) is 3.15. The first kappa shape index (κ1) is 17.9. The number of fused-ring (bicyclic) bond motifs is 1. The summed E-state index contributed by atoms with van der Waals surface area (Å²) in [4.78, 5) is 20.6. The molecule has 1 aliphatic heterocycles. The molecule has 1 aromatic carbocycles. The number of imidazole rings is 1. The smallest absolute Gasteiger partial charge is 0.260 e. The molecule has 0 radical (unpaired) electrons. The number of benzene rings is 1. The molecular formula is C18H17Cl2N5O2. The largest absolute Gasteiger partial charge is 0.482 e. The summed E-state index contributed by atoms with van der Waals surface area (Å²) in [6.45, 7) is 2.59. The van der Waals surface area contributed by atoms with Crippen molar-refractivity contribution in [3.05, 3.63) is 52.8 Å². The monoisotopic (exact) mass is 405 g/mol. The number of hydrogen-bond donors (Lipinski definition) is 0. The third kappa shape index (κ3) is 3.94. The summed E-state index contributed by atoms with van der Waals surface area (Å²) < 4.78 is 7.29. The topological polar surface area (TPSA) is 63.0 Å². The van der Waals surface area contributed by atoms with Crippen molar-refractivity contribution in [2.45, 2.75) is 0 Å². The Kier molecular flexibility index (Phi) is 5.05. The van der Waals surface area contributed by atoms with E-state index in [9.17, 15) is 4.79 Å². The van der Waals surface area contributed by atoms with E-state index in [-0.39, 0.29) is 12.5 Å². The molecule has 0 aliphatic carbocycles. The van der Waals surface area contributed by atoms with Crippen LogP contribution in [0.1, 0.15) is 0 Å². The van der Waals surface area contributed by atoms with Gasteiger partial charge in [-0.2, -0.15) is 0 Å². The Morgan fingerprint density at radius 1 is 1.11 bits per heavy atom. The summed E-state index contributed by atoms with van der Waals surface area (Å²) in [6.07, 6.45) is 3.54. The molecule has 27 heavy (non-hydrogen) atoms. The van der Waals surface area contributed by atoms with Crippen LogP contribution >= 0.6 is 23.2 Å². The molecule has 0 unspecified atom stereocenters. The van der Waals surface area contributed by atoms with E-state index < -0.39 is 0 Å². The van der Waals surface area contributed by atoms with Crippen LogP contribution in [0.2, 0.25) is 10.0 Å². The van der Waals surface area contributed by atoms with Crippen LogP contribution in [0.3, 0.4) is 0 Å². The van der Waals surface area contributed by atoms with Crippen molar-refractivity contribution in [2.75, 3.05) is 37.7 Å². The Balaban J connectivity index is 1.32. The maximum absolute atomic E-state index is 12.4.